The van der Waals surface area contributed by atoms with Crippen LogP contribution in [-0.4, -0.2) is 64.4 Å². The normalized spacial score (nSPS) is 13.5. The lowest BCUT2D eigenvalue weighted by Gasteiger charge is -2.34. The van der Waals surface area contributed by atoms with Crippen molar-refractivity contribution >= 4 is 36.5 Å². The third-order valence-corrected chi connectivity index (χ3v) is 6.64. The highest BCUT2D eigenvalue weighted by molar-refractivity contribution is 7.80. The molecular formula is C33H44N4O6S. The van der Waals surface area contributed by atoms with Crippen molar-refractivity contribution in [1.82, 2.24) is 15.5 Å². The molecule has 3 unspecified atom stereocenters. The smallest absolute Gasteiger partial charge is 0.408 e. The van der Waals surface area contributed by atoms with E-state index in [9.17, 15) is 24.4 Å². The summed E-state index contributed by atoms with van der Waals surface area (Å²) >= 11 is 4.26. The van der Waals surface area contributed by atoms with E-state index in [0.29, 0.717) is 11.1 Å². The number of hydrogen-bond donors (Lipinski definition) is 3. The zero-order valence-corrected chi connectivity index (χ0v) is 27.7. The van der Waals surface area contributed by atoms with Crippen LogP contribution in [0.1, 0.15) is 69.8 Å². The zero-order valence-electron chi connectivity index (χ0n) is 26.8. The molecule has 2 aromatic rings. The van der Waals surface area contributed by atoms with Crippen molar-refractivity contribution in [2.45, 2.75) is 91.1 Å². The molecule has 0 heterocycles. The fourth-order valence-electron chi connectivity index (χ4n) is 4.38. The standard InChI is InChI=1S/C33H44N4O6S/c1-21-14-15-22(2)24(18-21)27(37(17-16-34)29(39)26(20-44)36-31(41)43-33(6,7)8)28(38)35-25(30(40)42-32(3,4)5)19-23-12-10-9-11-13-23/h9-15,18,25-27,44H,17,19-20H2,1-8H3,(H,35,38)(H,36,41). The van der Waals surface area contributed by atoms with Gasteiger partial charge in [-0.05, 0) is 72.1 Å². The summed E-state index contributed by atoms with van der Waals surface area (Å²) in [4.78, 5) is 55.2. The Labute approximate surface area is 265 Å². The van der Waals surface area contributed by atoms with Crippen molar-refractivity contribution < 1.29 is 28.7 Å². The summed E-state index contributed by atoms with van der Waals surface area (Å²) in [5.41, 5.74) is 1.11. The lowest BCUT2D eigenvalue weighted by molar-refractivity contribution is -0.159. The first-order valence-electron chi connectivity index (χ1n) is 14.4. The number of ether oxygens (including phenoxy) is 2. The van der Waals surface area contributed by atoms with Gasteiger partial charge in [-0.15, -0.1) is 0 Å². The zero-order chi connectivity index (χ0) is 33.2. The molecule has 3 amide bonds. The Kier molecular flexibility index (Phi) is 12.8. The number of nitriles is 1. The van der Waals surface area contributed by atoms with E-state index in [0.717, 1.165) is 16.0 Å². The number of alkyl carbamates (subject to hydrolysis) is 1. The van der Waals surface area contributed by atoms with Gasteiger partial charge in [-0.1, -0.05) is 54.1 Å². The SMILES string of the molecule is Cc1ccc(C)c(C(C(=O)NC(Cc2ccccc2)C(=O)OC(C)(C)C)N(CC#N)C(=O)C(CS)NC(=O)OC(C)(C)C)c1. The third-order valence-electron chi connectivity index (χ3n) is 6.28. The van der Waals surface area contributed by atoms with E-state index in [1.807, 2.05) is 55.5 Å². The fraction of sp³-hybridized carbons (Fsp3) is 0.485. The quantitative estimate of drug-likeness (QED) is 0.189. The molecule has 0 aliphatic heterocycles. The number of hydrogen-bond acceptors (Lipinski definition) is 8. The van der Waals surface area contributed by atoms with Crippen molar-refractivity contribution in [2.75, 3.05) is 12.3 Å². The van der Waals surface area contributed by atoms with Crippen molar-refractivity contribution in [3.05, 3.63) is 70.8 Å². The summed E-state index contributed by atoms with van der Waals surface area (Å²) < 4.78 is 11.0. The first-order valence-corrected chi connectivity index (χ1v) is 15.0. The van der Waals surface area contributed by atoms with Crippen LogP contribution in [0.25, 0.3) is 0 Å². The molecule has 2 N–H and O–H groups in total. The average molecular weight is 625 g/mol. The first-order chi connectivity index (χ1) is 20.5. The van der Waals surface area contributed by atoms with Gasteiger partial charge in [-0.25, -0.2) is 9.59 Å². The van der Waals surface area contributed by atoms with Gasteiger partial charge < -0.3 is 25.0 Å². The Morgan fingerprint density at radius 3 is 2.07 bits per heavy atom. The second-order valence-electron chi connectivity index (χ2n) is 12.6. The molecule has 44 heavy (non-hydrogen) atoms. The predicted octanol–water partition coefficient (Wildman–Crippen LogP) is 4.59. The third kappa shape index (κ3) is 11.2. The number of carbonyl (C=O) groups excluding carboxylic acids is 4. The molecule has 10 nitrogen and oxygen atoms in total. The average Bonchev–Trinajstić information content (AvgIpc) is 2.91. The summed E-state index contributed by atoms with van der Waals surface area (Å²) in [7, 11) is 0. The van der Waals surface area contributed by atoms with E-state index in [2.05, 4.69) is 23.3 Å². The van der Waals surface area contributed by atoms with E-state index in [-0.39, 0.29) is 12.2 Å². The Balaban J connectivity index is 2.59. The summed E-state index contributed by atoms with van der Waals surface area (Å²) in [5.74, 6) is -2.18. The van der Waals surface area contributed by atoms with Crippen LogP contribution in [-0.2, 0) is 30.3 Å². The number of rotatable bonds is 11. The van der Waals surface area contributed by atoms with Gasteiger partial charge in [-0.3, -0.25) is 9.59 Å². The topological polar surface area (TPSA) is 138 Å². The Bertz CT molecular complexity index is 1360. The highest BCUT2D eigenvalue weighted by atomic mass is 32.1. The monoisotopic (exact) mass is 624 g/mol. The van der Waals surface area contributed by atoms with E-state index in [1.54, 1.807) is 54.5 Å². The molecule has 0 aromatic heterocycles. The maximum Gasteiger partial charge on any atom is 0.408 e. The summed E-state index contributed by atoms with van der Waals surface area (Å²) in [5, 5.41) is 15.1. The Morgan fingerprint density at radius 2 is 1.52 bits per heavy atom. The van der Waals surface area contributed by atoms with E-state index in [4.69, 9.17) is 9.47 Å². The second-order valence-corrected chi connectivity index (χ2v) is 12.9. The molecule has 11 heteroatoms. The van der Waals surface area contributed by atoms with Crippen molar-refractivity contribution in [1.29, 1.82) is 5.26 Å². The van der Waals surface area contributed by atoms with Gasteiger partial charge in [0.05, 0.1) is 6.07 Å². The molecule has 0 aliphatic carbocycles. The predicted molar refractivity (Wildman–Crippen MR) is 171 cm³/mol. The number of aryl methyl sites for hydroxylation is 2. The van der Waals surface area contributed by atoms with Gasteiger partial charge in [0.15, 0.2) is 0 Å². The van der Waals surface area contributed by atoms with Gasteiger partial charge in [0.2, 0.25) is 11.8 Å². The molecule has 3 atom stereocenters. The van der Waals surface area contributed by atoms with Gasteiger partial charge in [0.25, 0.3) is 0 Å². The molecule has 0 spiro atoms. The van der Waals surface area contributed by atoms with Gasteiger partial charge in [0.1, 0.15) is 35.9 Å². The highest BCUT2D eigenvalue weighted by Gasteiger charge is 2.38. The Hall–Kier alpha value is -4.04. The van der Waals surface area contributed by atoms with Gasteiger partial charge in [-0.2, -0.15) is 17.9 Å². The maximum atomic E-state index is 14.3. The first kappa shape index (κ1) is 36.2. The minimum Gasteiger partial charge on any atom is -0.458 e. The second kappa shape index (κ2) is 15.6. The van der Waals surface area contributed by atoms with Crippen LogP contribution in [0.15, 0.2) is 48.5 Å². The highest BCUT2D eigenvalue weighted by Crippen LogP contribution is 2.27. The van der Waals surface area contributed by atoms with Crippen LogP contribution >= 0.6 is 12.6 Å². The molecule has 0 aliphatic rings. The van der Waals surface area contributed by atoms with Crippen LogP contribution in [0.4, 0.5) is 4.79 Å². The van der Waals surface area contributed by atoms with Crippen LogP contribution in [0.5, 0.6) is 0 Å². The summed E-state index contributed by atoms with van der Waals surface area (Å²) in [6, 6.07) is 12.9. The molecule has 0 fully saturated rings. The lowest BCUT2D eigenvalue weighted by atomic mass is 9.95. The maximum absolute atomic E-state index is 14.3. The van der Waals surface area contributed by atoms with Crippen molar-refractivity contribution in [2.24, 2.45) is 0 Å². The van der Waals surface area contributed by atoms with Crippen LogP contribution in [0, 0.1) is 25.2 Å². The van der Waals surface area contributed by atoms with Crippen molar-refractivity contribution in [3.63, 3.8) is 0 Å². The number of carbonyl (C=O) groups is 4. The number of thiol groups is 1. The lowest BCUT2D eigenvalue weighted by Crippen LogP contribution is -2.55. The fourth-order valence-corrected chi connectivity index (χ4v) is 4.63. The summed E-state index contributed by atoms with van der Waals surface area (Å²) in [6.07, 6.45) is -0.713. The molecule has 0 radical (unpaired) electrons. The summed E-state index contributed by atoms with van der Waals surface area (Å²) in [6.45, 7) is 13.4. The molecular weight excluding hydrogens is 580 g/mol. The van der Waals surface area contributed by atoms with E-state index >= 15 is 0 Å². The number of amides is 3. The molecule has 2 aromatic carbocycles. The number of benzene rings is 2. The Morgan fingerprint density at radius 1 is 0.909 bits per heavy atom. The molecule has 0 saturated heterocycles. The van der Waals surface area contributed by atoms with Crippen LogP contribution in [0.3, 0.4) is 0 Å². The van der Waals surface area contributed by atoms with E-state index < -0.39 is 59.7 Å². The van der Waals surface area contributed by atoms with Crippen molar-refractivity contribution in [3.8, 4) is 6.07 Å². The number of nitrogens with zero attached hydrogens (tertiary/aromatic N) is 2. The minimum atomic E-state index is -1.33. The van der Waals surface area contributed by atoms with E-state index in [1.165, 1.54) is 0 Å². The molecule has 0 bridgehead atoms. The molecule has 238 valence electrons. The van der Waals surface area contributed by atoms with Gasteiger partial charge in [0, 0.05) is 12.2 Å². The molecule has 0 saturated carbocycles. The minimum absolute atomic E-state index is 0.129. The van der Waals surface area contributed by atoms with Crippen LogP contribution < -0.4 is 10.6 Å². The van der Waals surface area contributed by atoms with Gasteiger partial charge >= 0.3 is 12.1 Å². The van der Waals surface area contributed by atoms with Crippen LogP contribution in [0.2, 0.25) is 0 Å². The largest absolute Gasteiger partial charge is 0.458 e. The number of nitrogens with one attached hydrogen (secondary N) is 2. The molecule has 2 rings (SSSR count). The number of esters is 1.